The van der Waals surface area contributed by atoms with Crippen LogP contribution in [0.1, 0.15) is 278 Å². The molecule has 0 saturated heterocycles. The molecule has 0 heterocycles. The summed E-state index contributed by atoms with van der Waals surface area (Å²) in [6.07, 6.45) is 94.1. The molecule has 0 amide bonds. The van der Waals surface area contributed by atoms with Crippen molar-refractivity contribution in [2.24, 2.45) is 0 Å². The van der Waals surface area contributed by atoms with Crippen molar-refractivity contribution in [2.75, 3.05) is 13.2 Å². The molecule has 79 heavy (non-hydrogen) atoms. The zero-order valence-electron chi connectivity index (χ0n) is 51.1. The van der Waals surface area contributed by atoms with E-state index in [0.29, 0.717) is 19.3 Å². The summed E-state index contributed by atoms with van der Waals surface area (Å²) >= 11 is 0. The molecule has 0 spiro atoms. The van der Waals surface area contributed by atoms with Crippen LogP contribution in [0.2, 0.25) is 0 Å². The third-order valence-electron chi connectivity index (χ3n) is 13.3. The molecule has 0 radical (unpaired) electrons. The zero-order chi connectivity index (χ0) is 57.1. The predicted molar refractivity (Wildman–Crippen MR) is 343 cm³/mol. The molecule has 6 heteroatoms. The fourth-order valence-electron chi connectivity index (χ4n) is 8.53. The van der Waals surface area contributed by atoms with E-state index in [1.165, 1.54) is 77.0 Å². The van der Waals surface area contributed by atoms with E-state index >= 15 is 0 Å². The van der Waals surface area contributed by atoms with Crippen molar-refractivity contribution in [3.8, 4) is 0 Å². The maximum absolute atomic E-state index is 12.9. The fourth-order valence-corrected chi connectivity index (χ4v) is 8.53. The van der Waals surface area contributed by atoms with Gasteiger partial charge in [0.05, 0.1) is 0 Å². The van der Waals surface area contributed by atoms with E-state index < -0.39 is 6.10 Å². The van der Waals surface area contributed by atoms with Gasteiger partial charge in [-0.25, -0.2) is 0 Å². The summed E-state index contributed by atoms with van der Waals surface area (Å²) in [6.45, 7) is 6.36. The van der Waals surface area contributed by atoms with Crippen LogP contribution >= 0.6 is 0 Å². The zero-order valence-corrected chi connectivity index (χ0v) is 51.1. The molecule has 0 aliphatic rings. The maximum atomic E-state index is 12.9. The first-order valence-corrected chi connectivity index (χ1v) is 32.3. The first kappa shape index (κ1) is 74.3. The van der Waals surface area contributed by atoms with Crippen LogP contribution in [-0.2, 0) is 28.6 Å². The van der Waals surface area contributed by atoms with Gasteiger partial charge in [-0.05, 0) is 141 Å². The van der Waals surface area contributed by atoms with Gasteiger partial charge in [0, 0.05) is 19.3 Å². The Labute approximate surface area is 487 Å². The van der Waals surface area contributed by atoms with Crippen LogP contribution in [0.15, 0.2) is 146 Å². The Kier molecular flexibility index (Phi) is 61.9. The van der Waals surface area contributed by atoms with Crippen LogP contribution in [0.5, 0.6) is 0 Å². The molecule has 0 aromatic rings. The van der Waals surface area contributed by atoms with Gasteiger partial charge in [-0.3, -0.25) is 14.4 Å². The molecule has 0 rings (SSSR count). The summed E-state index contributed by atoms with van der Waals surface area (Å²) in [5.74, 6) is -0.935. The highest BCUT2D eigenvalue weighted by Crippen LogP contribution is 2.15. The van der Waals surface area contributed by atoms with Crippen LogP contribution in [0.4, 0.5) is 0 Å². The first-order valence-electron chi connectivity index (χ1n) is 32.3. The summed E-state index contributed by atoms with van der Waals surface area (Å²) in [4.78, 5) is 38.4. The number of esters is 3. The van der Waals surface area contributed by atoms with Crippen LogP contribution in [0, 0.1) is 0 Å². The number of hydrogen-bond acceptors (Lipinski definition) is 6. The van der Waals surface area contributed by atoms with Crippen LogP contribution in [0.3, 0.4) is 0 Å². The number of rotatable bonds is 57. The molecule has 6 nitrogen and oxygen atoms in total. The third-order valence-corrected chi connectivity index (χ3v) is 13.3. The van der Waals surface area contributed by atoms with Crippen LogP contribution in [-0.4, -0.2) is 37.2 Å². The van der Waals surface area contributed by atoms with Gasteiger partial charge >= 0.3 is 17.9 Å². The Bertz CT molecular complexity index is 1730. The number of allylic oxidation sites excluding steroid dienone is 24. The number of hydrogen-bond donors (Lipinski definition) is 0. The van der Waals surface area contributed by atoms with Crippen molar-refractivity contribution in [1.82, 2.24) is 0 Å². The number of ether oxygens (including phenoxy) is 3. The van der Waals surface area contributed by atoms with Gasteiger partial charge in [0.15, 0.2) is 6.10 Å². The van der Waals surface area contributed by atoms with E-state index in [0.717, 1.165) is 161 Å². The molecule has 0 aliphatic carbocycles. The number of carbonyl (C=O) groups is 3. The lowest BCUT2D eigenvalue weighted by Crippen LogP contribution is -2.30. The second kappa shape index (κ2) is 65.8. The molecule has 446 valence electrons. The minimum atomic E-state index is -0.805. The van der Waals surface area contributed by atoms with Crippen molar-refractivity contribution in [3.05, 3.63) is 146 Å². The molecule has 1 unspecified atom stereocenters. The average Bonchev–Trinajstić information content (AvgIpc) is 3.45. The molecule has 0 aromatic heterocycles. The van der Waals surface area contributed by atoms with E-state index in [4.69, 9.17) is 14.2 Å². The van der Waals surface area contributed by atoms with Crippen LogP contribution in [0.25, 0.3) is 0 Å². The molecular formula is C73H118O6. The highest BCUT2D eigenvalue weighted by Gasteiger charge is 2.19. The molecule has 1 atom stereocenters. The van der Waals surface area contributed by atoms with Crippen molar-refractivity contribution < 1.29 is 28.6 Å². The van der Waals surface area contributed by atoms with Gasteiger partial charge < -0.3 is 14.2 Å². The SMILES string of the molecule is CC/C=C\C/C=C\C/C=C\C/C=C\C/C=C\CCCCCCCCCC(=O)OCC(COC(=O)CCCCCCCCC/C=C\C/C=C\CCCCC)OC(=O)CCCCCCC/C=C\C/C=C\C/C=C\C/C=C\C/C=C\CC. The van der Waals surface area contributed by atoms with Crippen LogP contribution < -0.4 is 0 Å². The van der Waals surface area contributed by atoms with E-state index in [9.17, 15) is 14.4 Å². The number of unbranched alkanes of at least 4 members (excludes halogenated alkanes) is 22. The quantitative estimate of drug-likeness (QED) is 0.0261. The second-order valence-corrected chi connectivity index (χ2v) is 20.9. The molecule has 0 bridgehead atoms. The van der Waals surface area contributed by atoms with Gasteiger partial charge in [0.1, 0.15) is 13.2 Å². The Morgan fingerprint density at radius 3 is 0.772 bits per heavy atom. The van der Waals surface area contributed by atoms with Gasteiger partial charge in [0.25, 0.3) is 0 Å². The highest BCUT2D eigenvalue weighted by atomic mass is 16.6. The lowest BCUT2D eigenvalue weighted by molar-refractivity contribution is -0.167. The largest absolute Gasteiger partial charge is 0.462 e. The molecule has 0 fully saturated rings. The summed E-state index contributed by atoms with van der Waals surface area (Å²) in [5, 5.41) is 0. The summed E-state index contributed by atoms with van der Waals surface area (Å²) < 4.78 is 16.9. The lowest BCUT2D eigenvalue weighted by atomic mass is 10.1. The molecule has 0 aliphatic heterocycles. The summed E-state index contributed by atoms with van der Waals surface area (Å²) in [5.41, 5.74) is 0. The number of carbonyl (C=O) groups excluding carboxylic acids is 3. The first-order chi connectivity index (χ1) is 39.0. The summed E-state index contributed by atoms with van der Waals surface area (Å²) in [7, 11) is 0. The molecular weight excluding hydrogens is 973 g/mol. The van der Waals surface area contributed by atoms with E-state index in [2.05, 4.69) is 167 Å². The topological polar surface area (TPSA) is 78.9 Å². The Morgan fingerprint density at radius 2 is 0.494 bits per heavy atom. The molecule has 0 aromatic carbocycles. The normalized spacial score (nSPS) is 13.1. The smallest absolute Gasteiger partial charge is 0.306 e. The van der Waals surface area contributed by atoms with Crippen molar-refractivity contribution >= 4 is 17.9 Å². The molecule has 0 saturated carbocycles. The van der Waals surface area contributed by atoms with Gasteiger partial charge in [-0.1, -0.05) is 263 Å². The second-order valence-electron chi connectivity index (χ2n) is 20.9. The predicted octanol–water partition coefficient (Wildman–Crippen LogP) is 22.3. The minimum absolute atomic E-state index is 0.0988. The van der Waals surface area contributed by atoms with Gasteiger partial charge in [0.2, 0.25) is 0 Å². The fraction of sp³-hybridized carbons (Fsp3) is 0.630. The van der Waals surface area contributed by atoms with E-state index in [-0.39, 0.29) is 31.1 Å². The monoisotopic (exact) mass is 1090 g/mol. The van der Waals surface area contributed by atoms with Crippen molar-refractivity contribution in [2.45, 2.75) is 284 Å². The van der Waals surface area contributed by atoms with Gasteiger partial charge in [-0.2, -0.15) is 0 Å². The Balaban J connectivity index is 4.48. The standard InChI is InChI=1S/C73H118O6/c1-4-7-10-13-16-19-22-25-28-31-33-35-36-38-39-42-45-48-51-54-57-60-63-66-72(75)78-69-70(68-77-71(74)65-62-59-56-53-50-47-44-41-30-27-24-21-18-15-12-9-6-3)79-73(76)67-64-61-58-55-52-49-46-43-40-37-34-32-29-26-23-20-17-14-11-8-5-2/h7-8,10-11,16-21,25-30,33-35,37-39,43,46,70H,4-6,9,12-15,22-24,31-32,36,40-42,44-45,47-69H2,1-3H3/b10-7-,11-8-,19-16-,20-17-,21-18-,28-25-,29-26-,30-27-,35-33-,37-34-,39-38-,46-43-. The maximum Gasteiger partial charge on any atom is 0.306 e. The third kappa shape index (κ3) is 64.0. The van der Waals surface area contributed by atoms with Gasteiger partial charge in [-0.15, -0.1) is 0 Å². The van der Waals surface area contributed by atoms with Crippen molar-refractivity contribution in [1.29, 1.82) is 0 Å². The van der Waals surface area contributed by atoms with Crippen molar-refractivity contribution in [3.63, 3.8) is 0 Å². The lowest BCUT2D eigenvalue weighted by Gasteiger charge is -2.18. The highest BCUT2D eigenvalue weighted by molar-refractivity contribution is 5.71. The summed E-state index contributed by atoms with van der Waals surface area (Å²) in [6, 6.07) is 0. The van der Waals surface area contributed by atoms with E-state index in [1.807, 2.05) is 0 Å². The Hall–Kier alpha value is -4.71. The Morgan fingerprint density at radius 1 is 0.266 bits per heavy atom. The van der Waals surface area contributed by atoms with E-state index in [1.54, 1.807) is 0 Å². The average molecular weight is 1090 g/mol. The minimum Gasteiger partial charge on any atom is -0.462 e. The molecule has 0 N–H and O–H groups in total.